The van der Waals surface area contributed by atoms with Crippen molar-refractivity contribution in [3.63, 3.8) is 0 Å². The molecule has 0 aliphatic carbocycles. The van der Waals surface area contributed by atoms with Gasteiger partial charge in [0.2, 0.25) is 0 Å². The van der Waals surface area contributed by atoms with Crippen LogP contribution in [-0.2, 0) is 14.3 Å². The summed E-state index contributed by atoms with van der Waals surface area (Å²) >= 11 is 0. The van der Waals surface area contributed by atoms with Crippen LogP contribution in [0.5, 0.6) is 0 Å². The number of ether oxygens (including phenoxy) is 2. The number of aliphatic hydroxyl groups is 4. The molecule has 0 saturated heterocycles. The molecule has 5 atom stereocenters. The Morgan fingerprint density at radius 2 is 0.642 bits per heavy atom. The molecule has 0 radical (unpaired) electrons. The highest BCUT2D eigenvalue weighted by molar-refractivity contribution is 5.75. The average molecular weight is 957 g/mol. The van der Waals surface area contributed by atoms with Gasteiger partial charge in [0.05, 0.1) is 37.6 Å². The molecule has 10 heteroatoms. The minimum atomic E-state index is -0.879. The fourth-order valence-electron chi connectivity index (χ4n) is 9.36. The van der Waals surface area contributed by atoms with Gasteiger partial charge in [-0.1, -0.05) is 233 Å². The lowest BCUT2D eigenvalue weighted by molar-refractivity contribution is -0.147. The van der Waals surface area contributed by atoms with E-state index in [1.807, 2.05) is 0 Å². The number of rotatable bonds is 55. The summed E-state index contributed by atoms with van der Waals surface area (Å²) < 4.78 is 11.4. The van der Waals surface area contributed by atoms with Crippen molar-refractivity contribution in [3.05, 3.63) is 0 Å². The maximum absolute atomic E-state index is 12.8. The summed E-state index contributed by atoms with van der Waals surface area (Å²) in [5.74, 6) is -0.481. The smallest absolute Gasteiger partial charge is 0.325 e. The molecule has 0 aromatic carbocycles. The van der Waals surface area contributed by atoms with E-state index in [0.29, 0.717) is 58.7 Å². The Morgan fingerprint density at radius 1 is 0.388 bits per heavy atom. The summed E-state index contributed by atoms with van der Waals surface area (Å²) in [5, 5.41) is 43.9. The van der Waals surface area contributed by atoms with Crippen molar-refractivity contribution in [2.24, 2.45) is 5.73 Å². The first kappa shape index (κ1) is 66.2. The predicted molar refractivity (Wildman–Crippen MR) is 285 cm³/mol. The summed E-state index contributed by atoms with van der Waals surface area (Å²) in [6, 6.07) is -0.879. The molecule has 402 valence electrons. The third-order valence-corrected chi connectivity index (χ3v) is 13.7. The fourth-order valence-corrected chi connectivity index (χ4v) is 9.36. The van der Waals surface area contributed by atoms with Crippen LogP contribution >= 0.6 is 0 Å². The van der Waals surface area contributed by atoms with E-state index in [1.165, 1.54) is 154 Å². The number of carbonyl (C=O) groups excluding carboxylic acids is 1. The monoisotopic (exact) mass is 956 g/mol. The van der Waals surface area contributed by atoms with E-state index >= 15 is 0 Å². The molecule has 0 bridgehead atoms. The molecule has 0 aliphatic rings. The first-order valence-electron chi connectivity index (χ1n) is 29.3. The number of hydrogen-bond donors (Lipinski definition) is 5. The molecule has 10 nitrogen and oxygen atoms in total. The molecule has 0 aromatic rings. The number of hydrogen-bond acceptors (Lipinski definition) is 10. The summed E-state index contributed by atoms with van der Waals surface area (Å²) in [6.07, 6.45) is 42.3. The van der Waals surface area contributed by atoms with Crippen molar-refractivity contribution in [2.45, 2.75) is 302 Å². The van der Waals surface area contributed by atoms with Crippen LogP contribution in [0.2, 0.25) is 0 Å². The van der Waals surface area contributed by atoms with Gasteiger partial charge in [0, 0.05) is 45.9 Å². The molecule has 67 heavy (non-hydrogen) atoms. The van der Waals surface area contributed by atoms with E-state index in [2.05, 4.69) is 37.5 Å². The number of unbranched alkanes of at least 4 members (excludes halogenated alkanes) is 28. The van der Waals surface area contributed by atoms with E-state index in [0.717, 1.165) is 77.0 Å². The van der Waals surface area contributed by atoms with E-state index in [9.17, 15) is 25.2 Å². The number of esters is 1. The number of nitrogens with two attached hydrogens (primary N) is 1. The minimum absolute atomic E-state index is 0.0724. The average Bonchev–Trinajstić information content (AvgIpc) is 3.30. The number of aliphatic hydroxyl groups excluding tert-OH is 4. The van der Waals surface area contributed by atoms with Crippen LogP contribution in [0, 0.1) is 0 Å². The predicted octanol–water partition coefficient (Wildman–Crippen LogP) is 12.8. The molecule has 0 fully saturated rings. The first-order valence-corrected chi connectivity index (χ1v) is 29.3. The van der Waals surface area contributed by atoms with Crippen molar-refractivity contribution in [3.8, 4) is 0 Å². The quantitative estimate of drug-likeness (QED) is 0.0295. The highest BCUT2D eigenvalue weighted by Crippen LogP contribution is 2.16. The van der Waals surface area contributed by atoms with Gasteiger partial charge in [-0.2, -0.15) is 0 Å². The van der Waals surface area contributed by atoms with E-state index in [-0.39, 0.29) is 13.2 Å². The molecule has 6 N–H and O–H groups in total. The minimum Gasteiger partial charge on any atom is -0.464 e. The van der Waals surface area contributed by atoms with Gasteiger partial charge in [-0.05, 0) is 38.5 Å². The van der Waals surface area contributed by atoms with Crippen molar-refractivity contribution >= 4 is 5.97 Å². The van der Waals surface area contributed by atoms with Crippen molar-refractivity contribution in [1.29, 1.82) is 0 Å². The van der Waals surface area contributed by atoms with Crippen LogP contribution in [0.4, 0.5) is 0 Å². The first-order chi connectivity index (χ1) is 32.7. The maximum atomic E-state index is 12.8. The van der Waals surface area contributed by atoms with Crippen LogP contribution in [0.25, 0.3) is 0 Å². The highest BCUT2D eigenvalue weighted by Gasteiger charge is 2.20. The SMILES string of the molecule is CCCCCCCCCCC(O)CN(CCCOCC(N)C(=O)OCCCN(CC(O)CCCCCCCCCC)CC(O)CCCCCCCCCC)CC(O)CCCCCCCCCC. The van der Waals surface area contributed by atoms with Gasteiger partial charge in [-0.25, -0.2) is 0 Å². The molecule has 0 heterocycles. The standard InChI is InChI=1S/C57H117N3O7/c1-5-9-13-17-21-25-29-33-39-52(61)47-59(48-53(62)40-34-30-26-22-18-14-10-6-2)43-37-45-66-51-56(58)57(65)67-46-38-44-60(49-54(63)41-35-31-27-23-19-15-11-7-3)50-55(64)42-36-32-28-24-20-16-12-8-4/h52-56,61-64H,5-51,58H2,1-4H3. The van der Waals surface area contributed by atoms with Gasteiger partial charge in [0.1, 0.15) is 6.04 Å². The molecule has 0 saturated carbocycles. The Hall–Kier alpha value is -0.850. The van der Waals surface area contributed by atoms with Crippen molar-refractivity contribution in [1.82, 2.24) is 9.80 Å². The van der Waals surface area contributed by atoms with Gasteiger partial charge < -0.3 is 35.6 Å². The van der Waals surface area contributed by atoms with Crippen molar-refractivity contribution in [2.75, 3.05) is 59.1 Å². The van der Waals surface area contributed by atoms with Gasteiger partial charge in [0.15, 0.2) is 0 Å². The summed E-state index contributed by atoms with van der Waals surface area (Å²) in [7, 11) is 0. The molecular weight excluding hydrogens is 839 g/mol. The number of nitrogens with zero attached hydrogens (tertiary/aromatic N) is 2. The van der Waals surface area contributed by atoms with Crippen LogP contribution in [0.15, 0.2) is 0 Å². The second kappa shape index (κ2) is 51.5. The highest BCUT2D eigenvalue weighted by atomic mass is 16.5. The maximum Gasteiger partial charge on any atom is 0.325 e. The van der Waals surface area contributed by atoms with Gasteiger partial charge in [0.25, 0.3) is 0 Å². The van der Waals surface area contributed by atoms with Crippen LogP contribution in [0.1, 0.15) is 272 Å². The third kappa shape index (κ3) is 47.3. The van der Waals surface area contributed by atoms with Gasteiger partial charge in [-0.15, -0.1) is 0 Å². The van der Waals surface area contributed by atoms with Crippen molar-refractivity contribution < 1.29 is 34.7 Å². The molecule has 0 spiro atoms. The Morgan fingerprint density at radius 3 is 0.925 bits per heavy atom. The van der Waals surface area contributed by atoms with E-state index < -0.39 is 36.4 Å². The number of carbonyl (C=O) groups is 1. The lowest BCUT2D eigenvalue weighted by Gasteiger charge is -2.27. The Balaban J connectivity index is 4.84. The largest absolute Gasteiger partial charge is 0.464 e. The van der Waals surface area contributed by atoms with E-state index in [1.54, 1.807) is 0 Å². The van der Waals surface area contributed by atoms with Gasteiger partial charge >= 0.3 is 5.97 Å². The summed E-state index contributed by atoms with van der Waals surface area (Å²) in [5.41, 5.74) is 6.21. The second-order valence-electron chi connectivity index (χ2n) is 20.7. The van der Waals surface area contributed by atoms with Crippen LogP contribution in [-0.4, -0.2) is 126 Å². The Bertz CT molecular complexity index is 939. The lowest BCUT2D eigenvalue weighted by atomic mass is 10.0. The Kier molecular flexibility index (Phi) is 50.8. The Labute approximate surface area is 416 Å². The molecule has 0 amide bonds. The van der Waals surface area contributed by atoms with Crippen LogP contribution < -0.4 is 5.73 Å². The second-order valence-corrected chi connectivity index (χ2v) is 20.7. The van der Waals surface area contributed by atoms with E-state index in [4.69, 9.17) is 15.2 Å². The lowest BCUT2D eigenvalue weighted by Crippen LogP contribution is -2.40. The molecule has 0 aliphatic heterocycles. The zero-order chi connectivity index (χ0) is 49.3. The zero-order valence-electron chi connectivity index (χ0n) is 45.1. The van der Waals surface area contributed by atoms with Gasteiger partial charge in [-0.3, -0.25) is 14.6 Å². The van der Waals surface area contributed by atoms with Crippen LogP contribution in [0.3, 0.4) is 0 Å². The summed E-state index contributed by atoms with van der Waals surface area (Å²) in [4.78, 5) is 17.2. The molecular formula is C57H117N3O7. The summed E-state index contributed by atoms with van der Waals surface area (Å²) in [6.45, 7) is 13.2. The molecule has 0 aromatic heterocycles. The molecule has 0 rings (SSSR count). The topological polar surface area (TPSA) is 149 Å². The third-order valence-electron chi connectivity index (χ3n) is 13.7. The fraction of sp³-hybridized carbons (Fsp3) is 0.982. The molecule has 5 unspecified atom stereocenters. The zero-order valence-corrected chi connectivity index (χ0v) is 45.1. The normalized spacial score (nSPS) is 14.3.